The van der Waals surface area contributed by atoms with Gasteiger partial charge in [-0.1, -0.05) is 6.07 Å². The van der Waals surface area contributed by atoms with E-state index in [1.54, 1.807) is 7.11 Å². The van der Waals surface area contributed by atoms with Crippen LogP contribution in [0.15, 0.2) is 18.2 Å². The lowest BCUT2D eigenvalue weighted by Crippen LogP contribution is -2.23. The summed E-state index contributed by atoms with van der Waals surface area (Å²) in [6.07, 6.45) is 2.85. The molecular weight excluding hydrogens is 318 g/mol. The van der Waals surface area contributed by atoms with Crippen molar-refractivity contribution in [3.8, 4) is 17.6 Å². The summed E-state index contributed by atoms with van der Waals surface area (Å²) in [4.78, 5) is 11.3. The largest absolute Gasteiger partial charge is 0.493 e. The second kappa shape index (κ2) is 6.59. The maximum atomic E-state index is 11.3. The Kier molecular flexibility index (Phi) is 4.64. The molecule has 4 atom stereocenters. The van der Waals surface area contributed by atoms with Gasteiger partial charge < -0.3 is 14.6 Å². The van der Waals surface area contributed by atoms with E-state index in [0.29, 0.717) is 36.2 Å². The number of nitrogens with zero attached hydrogens (tertiary/aromatic N) is 1. The Bertz CT molecular complexity index is 692. The lowest BCUT2D eigenvalue weighted by Gasteiger charge is -2.25. The molecule has 0 aromatic heterocycles. The van der Waals surface area contributed by atoms with Crippen LogP contribution in [0.25, 0.3) is 0 Å². The first-order valence-electron chi connectivity index (χ1n) is 8.87. The van der Waals surface area contributed by atoms with Crippen LogP contribution in [-0.2, 0) is 10.2 Å². The summed E-state index contributed by atoms with van der Waals surface area (Å²) in [7, 11) is 1.61. The maximum Gasteiger partial charge on any atom is 0.306 e. The number of ether oxygens (including phenoxy) is 2. The van der Waals surface area contributed by atoms with E-state index in [1.165, 1.54) is 0 Å². The molecule has 0 radical (unpaired) electrons. The highest BCUT2D eigenvalue weighted by atomic mass is 16.5. The molecule has 2 unspecified atom stereocenters. The number of carbonyl (C=O) groups is 1. The molecule has 3 rings (SSSR count). The number of carboxylic acid groups (broad SMARTS) is 1. The van der Waals surface area contributed by atoms with Crippen molar-refractivity contribution >= 4 is 5.97 Å². The highest BCUT2D eigenvalue weighted by Crippen LogP contribution is 2.56. The van der Waals surface area contributed by atoms with Crippen LogP contribution in [-0.4, -0.2) is 24.3 Å². The third-order valence-electron chi connectivity index (χ3n) is 5.70. The lowest BCUT2D eigenvalue weighted by molar-refractivity contribution is -0.141. The summed E-state index contributed by atoms with van der Waals surface area (Å²) < 4.78 is 11.2. The van der Waals surface area contributed by atoms with E-state index in [-0.39, 0.29) is 12.0 Å². The molecule has 0 heterocycles. The summed E-state index contributed by atoms with van der Waals surface area (Å²) in [6, 6.07) is 8.28. The number of fused-ring (bicyclic) bond motifs is 1. The number of hydrogen-bond donors (Lipinski definition) is 1. The Morgan fingerprint density at radius 1 is 1.28 bits per heavy atom. The Morgan fingerprint density at radius 3 is 2.40 bits per heavy atom. The Balaban J connectivity index is 1.88. The van der Waals surface area contributed by atoms with E-state index in [1.807, 2.05) is 32.0 Å². The SMILES string of the molecule is COc1ccc(C2(C#N)C[C@H]3CC(C(=O)O)C[C@H]3C2)cc1OC(C)C. The fraction of sp³-hybridized carbons (Fsp3) is 0.600. The van der Waals surface area contributed by atoms with Gasteiger partial charge in [-0.2, -0.15) is 5.26 Å². The molecule has 2 aliphatic rings. The van der Waals surface area contributed by atoms with E-state index in [4.69, 9.17) is 9.47 Å². The van der Waals surface area contributed by atoms with Crippen LogP contribution in [0, 0.1) is 29.1 Å². The van der Waals surface area contributed by atoms with Crippen molar-refractivity contribution in [2.24, 2.45) is 17.8 Å². The molecule has 1 aromatic rings. The molecule has 1 N–H and O–H groups in total. The van der Waals surface area contributed by atoms with Crippen molar-refractivity contribution in [1.82, 2.24) is 0 Å². The molecule has 2 aliphatic carbocycles. The predicted octanol–water partition coefficient (Wildman–Crippen LogP) is 3.76. The molecule has 0 bridgehead atoms. The van der Waals surface area contributed by atoms with Gasteiger partial charge in [0, 0.05) is 0 Å². The molecule has 5 heteroatoms. The topological polar surface area (TPSA) is 79.5 Å². The van der Waals surface area contributed by atoms with E-state index >= 15 is 0 Å². The molecule has 0 saturated heterocycles. The van der Waals surface area contributed by atoms with Gasteiger partial charge in [-0.25, -0.2) is 0 Å². The number of aliphatic carboxylic acids is 1. The second-order valence-corrected chi connectivity index (χ2v) is 7.66. The van der Waals surface area contributed by atoms with E-state index in [2.05, 4.69) is 6.07 Å². The lowest BCUT2D eigenvalue weighted by atomic mass is 9.77. The van der Waals surface area contributed by atoms with Gasteiger partial charge in [0.05, 0.1) is 30.6 Å². The zero-order valence-corrected chi connectivity index (χ0v) is 15.0. The summed E-state index contributed by atoms with van der Waals surface area (Å²) >= 11 is 0. The maximum absolute atomic E-state index is 11.3. The van der Waals surface area contributed by atoms with Gasteiger partial charge in [0.25, 0.3) is 0 Å². The molecule has 1 aromatic carbocycles. The molecular formula is C20H25NO4. The third-order valence-corrected chi connectivity index (χ3v) is 5.70. The number of carboxylic acids is 1. The Morgan fingerprint density at radius 2 is 1.92 bits per heavy atom. The minimum Gasteiger partial charge on any atom is -0.493 e. The van der Waals surface area contributed by atoms with Crippen LogP contribution >= 0.6 is 0 Å². The van der Waals surface area contributed by atoms with Gasteiger partial charge in [0.2, 0.25) is 0 Å². The monoisotopic (exact) mass is 343 g/mol. The van der Waals surface area contributed by atoms with Crippen LogP contribution in [0.2, 0.25) is 0 Å². The second-order valence-electron chi connectivity index (χ2n) is 7.66. The zero-order valence-electron chi connectivity index (χ0n) is 15.0. The van der Waals surface area contributed by atoms with E-state index in [0.717, 1.165) is 18.4 Å². The van der Waals surface area contributed by atoms with Gasteiger partial charge in [-0.05, 0) is 69.1 Å². The molecule has 25 heavy (non-hydrogen) atoms. The van der Waals surface area contributed by atoms with Crippen LogP contribution < -0.4 is 9.47 Å². The van der Waals surface area contributed by atoms with Crippen molar-refractivity contribution < 1.29 is 19.4 Å². The fourth-order valence-corrected chi connectivity index (χ4v) is 4.60. The van der Waals surface area contributed by atoms with Crippen molar-refractivity contribution in [3.63, 3.8) is 0 Å². The molecule has 2 fully saturated rings. The summed E-state index contributed by atoms with van der Waals surface area (Å²) in [5.74, 6) is 1.01. The highest BCUT2D eigenvalue weighted by molar-refractivity contribution is 5.70. The first kappa shape index (κ1) is 17.6. The first-order valence-corrected chi connectivity index (χ1v) is 8.87. The standard InChI is InChI=1S/C20H25NO4/c1-12(2)25-18-8-16(4-5-17(18)24-3)20(11-21)9-14-6-13(19(22)23)7-15(14)10-20/h4-5,8,12-15H,6-7,9-10H2,1-3H3,(H,22,23)/t13?,14-,15+,20?. The van der Waals surface area contributed by atoms with Crippen molar-refractivity contribution in [3.05, 3.63) is 23.8 Å². The van der Waals surface area contributed by atoms with Crippen LogP contribution in [0.3, 0.4) is 0 Å². The molecule has 0 spiro atoms. The minimum absolute atomic E-state index is 0.0152. The quantitative estimate of drug-likeness (QED) is 0.880. The van der Waals surface area contributed by atoms with Gasteiger partial charge in [0.1, 0.15) is 0 Å². The molecule has 2 saturated carbocycles. The summed E-state index contributed by atoms with van der Waals surface area (Å²) in [5, 5.41) is 19.2. The normalized spacial score (nSPS) is 30.8. The van der Waals surface area contributed by atoms with Gasteiger partial charge >= 0.3 is 5.97 Å². The number of benzene rings is 1. The van der Waals surface area contributed by atoms with Crippen molar-refractivity contribution in [2.45, 2.75) is 51.0 Å². The number of rotatable bonds is 5. The minimum atomic E-state index is -0.700. The molecule has 0 amide bonds. The first-order chi connectivity index (χ1) is 11.9. The highest BCUT2D eigenvalue weighted by Gasteiger charge is 2.52. The molecule has 0 aliphatic heterocycles. The fourth-order valence-electron chi connectivity index (χ4n) is 4.60. The van der Waals surface area contributed by atoms with Crippen molar-refractivity contribution in [1.29, 1.82) is 5.26 Å². The van der Waals surface area contributed by atoms with Crippen molar-refractivity contribution in [2.75, 3.05) is 7.11 Å². The average Bonchev–Trinajstić information content (AvgIpc) is 3.10. The summed E-state index contributed by atoms with van der Waals surface area (Å²) in [5.41, 5.74) is 0.396. The van der Waals surface area contributed by atoms with Crippen LogP contribution in [0.5, 0.6) is 11.5 Å². The van der Waals surface area contributed by atoms with Crippen LogP contribution in [0.4, 0.5) is 0 Å². The Hall–Kier alpha value is -2.22. The van der Waals surface area contributed by atoms with E-state index in [9.17, 15) is 15.2 Å². The predicted molar refractivity (Wildman–Crippen MR) is 92.6 cm³/mol. The molecule has 134 valence electrons. The third kappa shape index (κ3) is 3.18. The van der Waals surface area contributed by atoms with E-state index < -0.39 is 11.4 Å². The van der Waals surface area contributed by atoms with Gasteiger partial charge in [-0.15, -0.1) is 0 Å². The van der Waals surface area contributed by atoms with Crippen LogP contribution in [0.1, 0.15) is 45.1 Å². The number of hydrogen-bond acceptors (Lipinski definition) is 4. The molecule has 5 nitrogen and oxygen atoms in total. The average molecular weight is 343 g/mol. The smallest absolute Gasteiger partial charge is 0.306 e. The van der Waals surface area contributed by atoms with Gasteiger partial charge in [-0.3, -0.25) is 4.79 Å². The number of methoxy groups -OCH3 is 1. The summed E-state index contributed by atoms with van der Waals surface area (Å²) in [6.45, 7) is 3.91. The number of nitriles is 1. The Labute approximate surface area is 148 Å². The van der Waals surface area contributed by atoms with Gasteiger partial charge in [0.15, 0.2) is 11.5 Å². The zero-order chi connectivity index (χ0) is 18.2.